The van der Waals surface area contributed by atoms with Crippen LogP contribution in [0.3, 0.4) is 0 Å². The van der Waals surface area contributed by atoms with Crippen molar-refractivity contribution in [1.82, 2.24) is 15.3 Å². The Morgan fingerprint density at radius 1 is 1.38 bits per heavy atom. The highest BCUT2D eigenvalue weighted by molar-refractivity contribution is 7.98. The number of rotatable bonds is 4. The number of thioether (sulfide) groups is 1. The van der Waals surface area contributed by atoms with Gasteiger partial charge in [-0.25, -0.2) is 14.8 Å². The molecule has 1 aromatic heterocycles. The summed E-state index contributed by atoms with van der Waals surface area (Å²) >= 11 is 7.23. The molecule has 1 aliphatic carbocycles. The third-order valence-corrected chi connectivity index (χ3v) is 4.43. The van der Waals surface area contributed by atoms with Gasteiger partial charge in [0.2, 0.25) is 0 Å². The van der Waals surface area contributed by atoms with Gasteiger partial charge in [-0.3, -0.25) is 4.79 Å². The van der Waals surface area contributed by atoms with E-state index >= 15 is 0 Å². The third-order valence-electron chi connectivity index (χ3n) is 3.59. The highest BCUT2D eigenvalue weighted by Crippen LogP contribution is 2.29. The lowest BCUT2D eigenvalue weighted by Gasteiger charge is -2.33. The van der Waals surface area contributed by atoms with Crippen LogP contribution in [-0.2, 0) is 4.79 Å². The molecule has 1 saturated carbocycles. The summed E-state index contributed by atoms with van der Waals surface area (Å²) in [4.78, 5) is 31.9. The van der Waals surface area contributed by atoms with E-state index in [1.807, 2.05) is 0 Å². The molecule has 1 fully saturated rings. The van der Waals surface area contributed by atoms with Gasteiger partial charge < -0.3 is 10.4 Å². The van der Waals surface area contributed by atoms with E-state index in [9.17, 15) is 14.7 Å². The Hall–Kier alpha value is -1.34. The number of hydrogen-bond acceptors (Lipinski definition) is 5. The molecule has 0 spiro atoms. The van der Waals surface area contributed by atoms with E-state index in [0.717, 1.165) is 19.3 Å². The fraction of sp³-hybridized carbons (Fsp3) is 0.538. The van der Waals surface area contributed by atoms with Crippen LogP contribution in [0.1, 0.15) is 42.6 Å². The zero-order valence-electron chi connectivity index (χ0n) is 11.6. The molecule has 1 amide bonds. The third kappa shape index (κ3) is 3.47. The second-order valence-corrected chi connectivity index (χ2v) is 6.14. The van der Waals surface area contributed by atoms with Crippen LogP contribution >= 0.6 is 23.4 Å². The average molecular weight is 330 g/mol. The van der Waals surface area contributed by atoms with Gasteiger partial charge >= 0.3 is 5.97 Å². The zero-order valence-corrected chi connectivity index (χ0v) is 13.1. The zero-order chi connectivity index (χ0) is 15.5. The quantitative estimate of drug-likeness (QED) is 0.651. The van der Waals surface area contributed by atoms with E-state index in [-0.39, 0.29) is 10.7 Å². The number of carbonyl (C=O) groups excluding carboxylic acids is 1. The minimum Gasteiger partial charge on any atom is -0.480 e. The number of aromatic nitrogens is 2. The predicted octanol–water partition coefficient (Wildman–Crippen LogP) is 2.37. The lowest BCUT2D eigenvalue weighted by molar-refractivity contribution is -0.145. The maximum Gasteiger partial charge on any atom is 0.329 e. The SMILES string of the molecule is CSc1ncc(Cl)c(C(=O)NC2(C(=O)O)CCCCC2)n1. The Morgan fingerprint density at radius 2 is 2.05 bits per heavy atom. The van der Waals surface area contributed by atoms with Gasteiger partial charge in [0.1, 0.15) is 5.54 Å². The van der Waals surface area contributed by atoms with Crippen LogP contribution < -0.4 is 5.32 Å². The Morgan fingerprint density at radius 3 is 2.62 bits per heavy atom. The van der Waals surface area contributed by atoms with Crippen LogP contribution in [0.4, 0.5) is 0 Å². The molecular formula is C13H16ClN3O3S. The van der Waals surface area contributed by atoms with Crippen molar-refractivity contribution >= 4 is 35.2 Å². The molecule has 1 heterocycles. The van der Waals surface area contributed by atoms with Crippen molar-refractivity contribution in [2.75, 3.05) is 6.26 Å². The molecule has 0 atom stereocenters. The van der Waals surface area contributed by atoms with Crippen molar-refractivity contribution in [2.45, 2.75) is 42.8 Å². The van der Waals surface area contributed by atoms with Crippen LogP contribution in [0.2, 0.25) is 5.02 Å². The predicted molar refractivity (Wildman–Crippen MR) is 79.7 cm³/mol. The fourth-order valence-electron chi connectivity index (χ4n) is 2.43. The van der Waals surface area contributed by atoms with Gasteiger partial charge in [-0.15, -0.1) is 0 Å². The number of carbonyl (C=O) groups is 2. The Kier molecular flexibility index (Phi) is 5.05. The van der Waals surface area contributed by atoms with Gasteiger partial charge in [-0.05, 0) is 19.1 Å². The molecule has 0 radical (unpaired) electrons. The molecule has 1 aromatic rings. The molecular weight excluding hydrogens is 314 g/mol. The van der Waals surface area contributed by atoms with Gasteiger partial charge in [0.25, 0.3) is 5.91 Å². The summed E-state index contributed by atoms with van der Waals surface area (Å²) in [6, 6.07) is 0. The second-order valence-electron chi connectivity index (χ2n) is 4.96. The molecule has 2 N–H and O–H groups in total. The summed E-state index contributed by atoms with van der Waals surface area (Å²) in [5, 5.41) is 12.6. The Balaban J connectivity index is 2.25. The number of halogens is 1. The maximum atomic E-state index is 12.4. The van der Waals surface area contributed by atoms with E-state index in [0.29, 0.717) is 18.0 Å². The standard InChI is InChI=1S/C13H16ClN3O3S/c1-21-12-15-7-8(14)9(16-12)10(18)17-13(11(19)20)5-3-2-4-6-13/h7H,2-6H2,1H3,(H,17,18)(H,19,20). The number of aliphatic carboxylic acids is 1. The van der Waals surface area contributed by atoms with E-state index < -0.39 is 17.4 Å². The van der Waals surface area contributed by atoms with E-state index in [1.54, 1.807) is 6.26 Å². The first-order valence-corrected chi connectivity index (χ1v) is 8.21. The summed E-state index contributed by atoms with van der Waals surface area (Å²) in [5.74, 6) is -1.58. The summed E-state index contributed by atoms with van der Waals surface area (Å²) < 4.78 is 0. The van der Waals surface area contributed by atoms with Crippen LogP contribution in [0.15, 0.2) is 11.4 Å². The molecule has 114 valence electrons. The summed E-state index contributed by atoms with van der Waals surface area (Å²) in [5.41, 5.74) is -1.20. The number of carboxylic acid groups (broad SMARTS) is 1. The highest BCUT2D eigenvalue weighted by atomic mass is 35.5. The van der Waals surface area contributed by atoms with Crippen molar-refractivity contribution in [3.05, 3.63) is 16.9 Å². The number of nitrogens with one attached hydrogen (secondary N) is 1. The van der Waals surface area contributed by atoms with Gasteiger partial charge in [0.05, 0.1) is 11.2 Å². The lowest BCUT2D eigenvalue weighted by Crippen LogP contribution is -2.55. The molecule has 1 aliphatic rings. The molecule has 0 bridgehead atoms. The van der Waals surface area contributed by atoms with Gasteiger partial charge in [0, 0.05) is 0 Å². The van der Waals surface area contributed by atoms with Crippen molar-refractivity contribution in [3.8, 4) is 0 Å². The average Bonchev–Trinajstić information content (AvgIpc) is 2.48. The van der Waals surface area contributed by atoms with Crippen LogP contribution in [0.25, 0.3) is 0 Å². The largest absolute Gasteiger partial charge is 0.480 e. The summed E-state index contributed by atoms with van der Waals surface area (Å²) in [6.45, 7) is 0. The molecule has 8 heteroatoms. The molecule has 21 heavy (non-hydrogen) atoms. The smallest absolute Gasteiger partial charge is 0.329 e. The molecule has 6 nitrogen and oxygen atoms in total. The van der Waals surface area contributed by atoms with Crippen molar-refractivity contribution in [3.63, 3.8) is 0 Å². The first kappa shape index (κ1) is 16.0. The van der Waals surface area contributed by atoms with Crippen molar-refractivity contribution in [2.24, 2.45) is 0 Å². The molecule has 0 aromatic carbocycles. The minimum absolute atomic E-state index is 0.0159. The molecule has 0 unspecified atom stereocenters. The normalized spacial score (nSPS) is 17.2. The molecule has 0 saturated heterocycles. The van der Waals surface area contributed by atoms with E-state index in [1.165, 1.54) is 18.0 Å². The van der Waals surface area contributed by atoms with Crippen LogP contribution in [0, 0.1) is 0 Å². The monoisotopic (exact) mass is 329 g/mol. The van der Waals surface area contributed by atoms with Crippen molar-refractivity contribution in [1.29, 1.82) is 0 Å². The summed E-state index contributed by atoms with van der Waals surface area (Å²) in [6.07, 6.45) is 6.52. The lowest BCUT2D eigenvalue weighted by atomic mass is 9.81. The molecule has 0 aliphatic heterocycles. The fourth-order valence-corrected chi connectivity index (χ4v) is 2.95. The van der Waals surface area contributed by atoms with Gasteiger partial charge in [0.15, 0.2) is 10.9 Å². The van der Waals surface area contributed by atoms with Gasteiger partial charge in [-0.1, -0.05) is 42.6 Å². The number of hydrogen-bond donors (Lipinski definition) is 2. The summed E-state index contributed by atoms with van der Waals surface area (Å²) in [7, 11) is 0. The number of nitrogens with zero attached hydrogens (tertiary/aromatic N) is 2. The van der Waals surface area contributed by atoms with Gasteiger partial charge in [-0.2, -0.15) is 0 Å². The topological polar surface area (TPSA) is 92.2 Å². The highest BCUT2D eigenvalue weighted by Gasteiger charge is 2.41. The van der Waals surface area contributed by atoms with Crippen molar-refractivity contribution < 1.29 is 14.7 Å². The minimum atomic E-state index is -1.22. The Labute approximate surface area is 131 Å². The second kappa shape index (κ2) is 6.62. The first-order chi connectivity index (χ1) is 9.98. The van der Waals surface area contributed by atoms with Crippen LogP contribution in [0.5, 0.6) is 0 Å². The Bertz CT molecular complexity index is 562. The first-order valence-electron chi connectivity index (χ1n) is 6.61. The molecule has 2 rings (SSSR count). The maximum absolute atomic E-state index is 12.4. The van der Waals surface area contributed by atoms with E-state index in [4.69, 9.17) is 11.6 Å². The van der Waals surface area contributed by atoms with Crippen LogP contribution in [-0.4, -0.2) is 38.7 Å². The van der Waals surface area contributed by atoms with E-state index in [2.05, 4.69) is 15.3 Å². The number of carboxylic acids is 1. The number of amides is 1.